The zero-order valence-electron chi connectivity index (χ0n) is 11.9. The van der Waals surface area contributed by atoms with Crippen LogP contribution in [0, 0.1) is 17.6 Å². The summed E-state index contributed by atoms with van der Waals surface area (Å²) in [6.45, 7) is 3.46. The van der Waals surface area contributed by atoms with Gasteiger partial charge in [-0.1, -0.05) is 20.3 Å². The zero-order chi connectivity index (χ0) is 16.2. The molecule has 0 heterocycles. The third-order valence-electron chi connectivity index (χ3n) is 3.15. The van der Waals surface area contributed by atoms with E-state index in [0.29, 0.717) is 18.6 Å². The van der Waals surface area contributed by atoms with Crippen LogP contribution in [0.3, 0.4) is 0 Å². The maximum Gasteiger partial charge on any atom is 0.324 e. The summed E-state index contributed by atoms with van der Waals surface area (Å²) >= 11 is 0. The van der Waals surface area contributed by atoms with Crippen molar-refractivity contribution in [1.29, 1.82) is 0 Å². The van der Waals surface area contributed by atoms with Crippen molar-refractivity contribution in [3.8, 4) is 0 Å². The molecule has 0 aliphatic carbocycles. The molecule has 0 aromatic heterocycles. The number of hydrogen-bond acceptors (Lipinski definition) is 4. The van der Waals surface area contributed by atoms with Gasteiger partial charge in [0.05, 0.1) is 12.0 Å². The Kier molecular flexibility index (Phi) is 5.79. The lowest BCUT2D eigenvalue weighted by Crippen LogP contribution is -2.45. The molecule has 0 aliphatic rings. The summed E-state index contributed by atoms with van der Waals surface area (Å²) in [5.74, 6) is -3.50. The van der Waals surface area contributed by atoms with Gasteiger partial charge in [-0.25, -0.2) is 17.2 Å². The first-order valence-electron chi connectivity index (χ1n) is 6.28. The average Bonchev–Trinajstić information content (AvgIpc) is 2.45. The Morgan fingerprint density at radius 3 is 2.43 bits per heavy atom. The number of sulfonamides is 1. The van der Waals surface area contributed by atoms with Gasteiger partial charge in [-0.2, -0.15) is 4.72 Å². The molecule has 1 N–H and O–H groups in total. The van der Waals surface area contributed by atoms with E-state index in [1.54, 1.807) is 13.8 Å². The lowest BCUT2D eigenvalue weighted by atomic mass is 10.0. The van der Waals surface area contributed by atoms with Gasteiger partial charge in [0.2, 0.25) is 10.0 Å². The second kappa shape index (κ2) is 6.95. The highest BCUT2D eigenvalue weighted by molar-refractivity contribution is 7.89. The molecule has 0 bridgehead atoms. The molecule has 0 spiro atoms. The van der Waals surface area contributed by atoms with Crippen LogP contribution in [0.1, 0.15) is 20.3 Å². The zero-order valence-corrected chi connectivity index (χ0v) is 12.7. The van der Waals surface area contributed by atoms with Crippen LogP contribution >= 0.6 is 0 Å². The molecular formula is C13H17F2NO4S. The van der Waals surface area contributed by atoms with Crippen LogP contribution < -0.4 is 4.72 Å². The third kappa shape index (κ3) is 4.21. The van der Waals surface area contributed by atoms with Gasteiger partial charge in [-0.15, -0.1) is 0 Å². The molecule has 1 rings (SSSR count). The van der Waals surface area contributed by atoms with Crippen LogP contribution in [0.25, 0.3) is 0 Å². The Morgan fingerprint density at radius 2 is 1.95 bits per heavy atom. The lowest BCUT2D eigenvalue weighted by Gasteiger charge is -2.21. The molecule has 0 radical (unpaired) electrons. The monoisotopic (exact) mass is 321 g/mol. The number of esters is 1. The van der Waals surface area contributed by atoms with Gasteiger partial charge in [-0.3, -0.25) is 4.79 Å². The van der Waals surface area contributed by atoms with Crippen LogP contribution in [-0.4, -0.2) is 27.5 Å². The SMILES string of the molecule is CC[C@@H](C)[C@H](NS(=O)(=O)c1ccc(F)c(F)c1)C(=O)OC. The number of hydrogen-bond donors (Lipinski definition) is 1. The molecular weight excluding hydrogens is 304 g/mol. The number of halogens is 2. The molecule has 0 aliphatic heterocycles. The van der Waals surface area contributed by atoms with Crippen LogP contribution in [0.4, 0.5) is 8.78 Å². The first-order valence-corrected chi connectivity index (χ1v) is 7.76. The largest absolute Gasteiger partial charge is 0.468 e. The topological polar surface area (TPSA) is 72.5 Å². The fourth-order valence-corrected chi connectivity index (χ4v) is 2.94. The fourth-order valence-electron chi connectivity index (χ4n) is 1.64. The molecule has 0 amide bonds. The number of benzene rings is 1. The van der Waals surface area contributed by atoms with Crippen molar-refractivity contribution in [1.82, 2.24) is 4.72 Å². The van der Waals surface area contributed by atoms with Crippen LogP contribution in [0.5, 0.6) is 0 Å². The van der Waals surface area contributed by atoms with E-state index in [1.807, 2.05) is 0 Å². The predicted molar refractivity (Wildman–Crippen MR) is 71.9 cm³/mol. The summed E-state index contributed by atoms with van der Waals surface area (Å²) < 4.78 is 57.0. The summed E-state index contributed by atoms with van der Waals surface area (Å²) in [5, 5.41) is 0. The minimum atomic E-state index is -4.17. The number of nitrogens with one attached hydrogen (secondary N) is 1. The first-order chi connectivity index (χ1) is 9.72. The Hall–Kier alpha value is -1.54. The summed E-state index contributed by atoms with van der Waals surface area (Å²) in [4.78, 5) is 11.2. The Morgan fingerprint density at radius 1 is 1.33 bits per heavy atom. The van der Waals surface area contributed by atoms with Crippen molar-refractivity contribution >= 4 is 16.0 Å². The summed E-state index contributed by atoms with van der Waals surface area (Å²) in [5.41, 5.74) is 0. The Balaban J connectivity index is 3.11. The molecule has 1 aromatic rings. The van der Waals surface area contributed by atoms with Gasteiger partial charge >= 0.3 is 5.97 Å². The van der Waals surface area contributed by atoms with Gasteiger partial charge in [0.15, 0.2) is 11.6 Å². The first kappa shape index (κ1) is 17.5. The summed E-state index contributed by atoms with van der Waals surface area (Å²) in [6, 6.07) is 1.09. The quantitative estimate of drug-likeness (QED) is 0.811. The van der Waals surface area contributed by atoms with Gasteiger partial charge in [0.1, 0.15) is 6.04 Å². The van der Waals surface area contributed by atoms with Crippen molar-refractivity contribution in [3.63, 3.8) is 0 Å². The number of carbonyl (C=O) groups is 1. The van der Waals surface area contributed by atoms with Crippen LogP contribution in [0.15, 0.2) is 23.1 Å². The highest BCUT2D eigenvalue weighted by Gasteiger charge is 2.30. The standard InChI is InChI=1S/C13H17F2NO4S/c1-4-8(2)12(13(17)20-3)16-21(18,19)9-5-6-10(14)11(15)7-9/h5-8,12,16H,4H2,1-3H3/t8-,12+/m1/s1. The van der Waals surface area contributed by atoms with Crippen molar-refractivity contribution in [3.05, 3.63) is 29.8 Å². The molecule has 8 heteroatoms. The fraction of sp³-hybridized carbons (Fsp3) is 0.462. The number of methoxy groups -OCH3 is 1. The average molecular weight is 321 g/mol. The number of carbonyl (C=O) groups excluding carboxylic acids is 1. The molecule has 118 valence electrons. The molecule has 1 aromatic carbocycles. The van der Waals surface area contributed by atoms with Gasteiger partial charge in [0.25, 0.3) is 0 Å². The number of ether oxygens (including phenoxy) is 1. The van der Waals surface area contributed by atoms with E-state index in [2.05, 4.69) is 9.46 Å². The number of rotatable bonds is 6. The molecule has 21 heavy (non-hydrogen) atoms. The van der Waals surface area contributed by atoms with Gasteiger partial charge in [-0.05, 0) is 24.1 Å². The second-order valence-electron chi connectivity index (χ2n) is 4.58. The van der Waals surface area contributed by atoms with E-state index in [-0.39, 0.29) is 5.92 Å². The Labute approximate surface area is 122 Å². The molecule has 2 atom stereocenters. The molecule has 5 nitrogen and oxygen atoms in total. The van der Waals surface area contributed by atoms with Crippen LogP contribution in [-0.2, 0) is 19.6 Å². The maximum absolute atomic E-state index is 13.1. The Bertz CT molecular complexity index is 619. The van der Waals surface area contributed by atoms with Crippen molar-refractivity contribution in [2.45, 2.75) is 31.2 Å². The highest BCUT2D eigenvalue weighted by atomic mass is 32.2. The van der Waals surface area contributed by atoms with Crippen LogP contribution in [0.2, 0.25) is 0 Å². The minimum Gasteiger partial charge on any atom is -0.468 e. The van der Waals surface area contributed by atoms with E-state index in [4.69, 9.17) is 0 Å². The smallest absolute Gasteiger partial charge is 0.324 e. The van der Waals surface area contributed by atoms with Crippen molar-refractivity contribution in [2.75, 3.05) is 7.11 Å². The lowest BCUT2D eigenvalue weighted by molar-refractivity contribution is -0.143. The minimum absolute atomic E-state index is 0.322. The molecule has 0 unspecified atom stereocenters. The summed E-state index contributed by atoms with van der Waals surface area (Å²) in [6.07, 6.45) is 0.528. The summed E-state index contributed by atoms with van der Waals surface area (Å²) in [7, 11) is -3.02. The van der Waals surface area contributed by atoms with E-state index < -0.39 is 38.6 Å². The highest BCUT2D eigenvalue weighted by Crippen LogP contribution is 2.17. The predicted octanol–water partition coefficient (Wildman–Crippen LogP) is 1.83. The second-order valence-corrected chi connectivity index (χ2v) is 6.30. The normalized spacial score (nSPS) is 14.5. The molecule has 0 saturated heterocycles. The third-order valence-corrected chi connectivity index (χ3v) is 4.59. The van der Waals surface area contributed by atoms with E-state index in [9.17, 15) is 22.0 Å². The van der Waals surface area contributed by atoms with E-state index in [1.165, 1.54) is 0 Å². The molecule has 0 fully saturated rings. The van der Waals surface area contributed by atoms with E-state index in [0.717, 1.165) is 13.2 Å². The van der Waals surface area contributed by atoms with Gasteiger partial charge in [0, 0.05) is 0 Å². The molecule has 0 saturated carbocycles. The van der Waals surface area contributed by atoms with E-state index >= 15 is 0 Å². The van der Waals surface area contributed by atoms with Gasteiger partial charge < -0.3 is 4.74 Å². The maximum atomic E-state index is 13.1. The van der Waals surface area contributed by atoms with Crippen molar-refractivity contribution < 1.29 is 26.7 Å². The van der Waals surface area contributed by atoms with Crippen molar-refractivity contribution in [2.24, 2.45) is 5.92 Å².